The number of amides is 2. The number of hydrogen-bond donors (Lipinski definition) is 2. The number of urea groups is 1. The molecule has 10 heteroatoms. The maximum atomic E-state index is 14.1. The Morgan fingerprint density at radius 3 is 2.56 bits per heavy atom. The van der Waals surface area contributed by atoms with Crippen LogP contribution in [0.4, 0.5) is 22.4 Å². The average molecular weight is 473 g/mol. The van der Waals surface area contributed by atoms with Crippen LogP contribution in [-0.4, -0.2) is 41.2 Å². The van der Waals surface area contributed by atoms with Crippen molar-refractivity contribution in [1.29, 1.82) is 0 Å². The lowest BCUT2D eigenvalue weighted by Crippen LogP contribution is -2.59. The number of thiophene rings is 1. The van der Waals surface area contributed by atoms with Gasteiger partial charge in [-0.15, -0.1) is 11.3 Å². The molecule has 3 heterocycles. The molecule has 176 valence electrons. The van der Waals surface area contributed by atoms with Crippen molar-refractivity contribution < 1.29 is 22.4 Å². The van der Waals surface area contributed by atoms with Crippen LogP contribution in [0.3, 0.4) is 0 Å². The number of halogens is 4. The molecule has 3 rings (SSSR count). The van der Waals surface area contributed by atoms with Crippen molar-refractivity contribution in [2.45, 2.75) is 57.8 Å². The molecule has 32 heavy (non-hydrogen) atoms. The van der Waals surface area contributed by atoms with Crippen molar-refractivity contribution in [2.24, 2.45) is 11.1 Å². The van der Waals surface area contributed by atoms with Gasteiger partial charge in [0.2, 0.25) is 0 Å². The number of alkyl halides is 3. The summed E-state index contributed by atoms with van der Waals surface area (Å²) in [6, 6.07) is 3.39. The number of nitrogens with two attached hydrogens (primary N) is 1. The number of carbonyl (C=O) groups excluding carboxylic acids is 1. The minimum Gasteiger partial charge on any atom is -0.352 e. The second-order valence-corrected chi connectivity index (χ2v) is 10.1. The van der Waals surface area contributed by atoms with Gasteiger partial charge in [0.25, 0.3) is 0 Å². The van der Waals surface area contributed by atoms with E-state index in [9.17, 15) is 22.4 Å². The summed E-state index contributed by atoms with van der Waals surface area (Å²) >= 11 is 0.926. The van der Waals surface area contributed by atoms with Crippen LogP contribution in [-0.2, 0) is 12.0 Å². The van der Waals surface area contributed by atoms with E-state index in [4.69, 9.17) is 5.73 Å². The molecule has 2 amide bonds. The first-order valence-corrected chi connectivity index (χ1v) is 11.2. The first kappa shape index (κ1) is 24.4. The van der Waals surface area contributed by atoms with Gasteiger partial charge in [0, 0.05) is 34.3 Å². The first-order valence-electron chi connectivity index (χ1n) is 10.4. The van der Waals surface area contributed by atoms with Gasteiger partial charge in [0.1, 0.15) is 6.04 Å². The number of nitrogens with one attached hydrogen (secondary N) is 1. The smallest absolute Gasteiger partial charge is 0.352 e. The Hall–Kier alpha value is -2.20. The van der Waals surface area contributed by atoms with Gasteiger partial charge in [-0.1, -0.05) is 6.07 Å². The van der Waals surface area contributed by atoms with Gasteiger partial charge in [-0.3, -0.25) is 9.88 Å². The van der Waals surface area contributed by atoms with Crippen LogP contribution in [0.15, 0.2) is 30.5 Å². The predicted octanol–water partition coefficient (Wildman–Crippen LogP) is 4.75. The number of carbonyl (C=O) groups is 1. The number of pyridine rings is 1. The van der Waals surface area contributed by atoms with E-state index in [0.717, 1.165) is 22.6 Å². The Kier molecular flexibility index (Phi) is 6.86. The maximum absolute atomic E-state index is 14.1. The molecular formula is C22H28F4N4OS. The van der Waals surface area contributed by atoms with E-state index < -0.39 is 29.2 Å². The highest BCUT2D eigenvalue weighted by Gasteiger charge is 2.57. The fourth-order valence-corrected chi connectivity index (χ4v) is 5.28. The second-order valence-electron chi connectivity index (χ2n) is 8.97. The molecule has 1 aliphatic heterocycles. The fraction of sp³-hybridized carbons (Fsp3) is 0.545. The van der Waals surface area contributed by atoms with Crippen molar-refractivity contribution in [3.8, 4) is 0 Å². The second kappa shape index (κ2) is 8.97. The number of primary amides is 1. The van der Waals surface area contributed by atoms with E-state index in [2.05, 4.69) is 4.98 Å². The van der Waals surface area contributed by atoms with E-state index in [1.165, 1.54) is 6.07 Å². The third-order valence-electron chi connectivity index (χ3n) is 6.52. The zero-order valence-electron chi connectivity index (χ0n) is 18.3. The summed E-state index contributed by atoms with van der Waals surface area (Å²) in [6.45, 7) is 6.29. The highest BCUT2D eigenvalue weighted by Crippen LogP contribution is 2.47. The Bertz CT molecular complexity index is 944. The van der Waals surface area contributed by atoms with Crippen molar-refractivity contribution in [3.63, 3.8) is 0 Å². The SMILES string of the molecule is Cc1ccc(C(C)(C)N2CC[C@@](CCc3ccc(F)s3)([C@H](NC(N)=O)C(F)(F)F)C2)cn1. The minimum atomic E-state index is -4.68. The molecule has 0 bridgehead atoms. The number of rotatable bonds is 7. The largest absolute Gasteiger partial charge is 0.409 e. The van der Waals surface area contributed by atoms with Gasteiger partial charge in [-0.25, -0.2) is 4.79 Å². The Labute approximate surface area is 189 Å². The molecule has 3 N–H and O–H groups in total. The van der Waals surface area contributed by atoms with E-state index in [1.54, 1.807) is 12.3 Å². The lowest BCUT2D eigenvalue weighted by atomic mass is 9.74. The molecule has 2 aromatic heterocycles. The summed E-state index contributed by atoms with van der Waals surface area (Å²) in [6.07, 6.45) is -2.31. The molecule has 2 aromatic rings. The van der Waals surface area contributed by atoms with Crippen LogP contribution in [0.5, 0.6) is 0 Å². The molecule has 0 spiro atoms. The quantitative estimate of drug-likeness (QED) is 0.572. The van der Waals surface area contributed by atoms with Crippen LogP contribution in [0.1, 0.15) is 42.8 Å². The molecule has 1 fully saturated rings. The number of aryl methyl sites for hydroxylation is 2. The molecule has 0 aliphatic carbocycles. The molecular weight excluding hydrogens is 444 g/mol. The molecule has 0 radical (unpaired) electrons. The van der Waals surface area contributed by atoms with Crippen molar-refractivity contribution >= 4 is 17.4 Å². The van der Waals surface area contributed by atoms with Gasteiger partial charge in [0.15, 0.2) is 5.13 Å². The molecule has 0 saturated carbocycles. The third-order valence-corrected chi connectivity index (χ3v) is 7.45. The lowest BCUT2D eigenvalue weighted by molar-refractivity contribution is -0.181. The van der Waals surface area contributed by atoms with Gasteiger partial charge in [-0.2, -0.15) is 17.6 Å². The summed E-state index contributed by atoms with van der Waals surface area (Å²) in [5.74, 6) is 0. The Morgan fingerprint density at radius 1 is 1.31 bits per heavy atom. The van der Waals surface area contributed by atoms with E-state index >= 15 is 0 Å². The summed E-state index contributed by atoms with van der Waals surface area (Å²) in [5.41, 5.74) is 5.01. The highest BCUT2D eigenvalue weighted by atomic mass is 32.1. The number of likely N-dealkylation sites (tertiary alicyclic amines) is 1. The first-order chi connectivity index (χ1) is 14.8. The number of aromatic nitrogens is 1. The van der Waals surface area contributed by atoms with Gasteiger partial charge in [-0.05, 0) is 70.3 Å². The van der Waals surface area contributed by atoms with Crippen molar-refractivity contribution in [2.75, 3.05) is 13.1 Å². The number of nitrogens with zero attached hydrogens (tertiary/aromatic N) is 2. The monoisotopic (exact) mass is 472 g/mol. The normalized spacial score (nSPS) is 21.0. The molecule has 0 aromatic carbocycles. The summed E-state index contributed by atoms with van der Waals surface area (Å²) < 4.78 is 55.9. The molecule has 1 saturated heterocycles. The van der Waals surface area contributed by atoms with Crippen LogP contribution in [0.25, 0.3) is 0 Å². The lowest BCUT2D eigenvalue weighted by Gasteiger charge is -2.41. The summed E-state index contributed by atoms with van der Waals surface area (Å²) in [7, 11) is 0. The standard InChI is InChI=1S/C22H28F4N4OS/c1-14-4-5-15(12-28-14)20(2,3)30-11-10-21(13-30,9-8-16-6-7-17(23)32-16)18(22(24,25)26)29-19(27)31/h4-7,12,18H,8-11,13H2,1-3H3,(H3,27,29,31)/t18-,21+/m0/s1. The summed E-state index contributed by atoms with van der Waals surface area (Å²) in [5, 5.41) is 1.59. The molecule has 2 atom stereocenters. The van der Waals surface area contributed by atoms with Crippen LogP contribution in [0.2, 0.25) is 0 Å². The summed E-state index contributed by atoms with van der Waals surface area (Å²) in [4.78, 5) is 18.5. The molecule has 0 unspecified atom stereocenters. The molecule has 5 nitrogen and oxygen atoms in total. The maximum Gasteiger partial charge on any atom is 0.409 e. The predicted molar refractivity (Wildman–Crippen MR) is 116 cm³/mol. The molecule has 1 aliphatic rings. The third kappa shape index (κ3) is 5.23. The Balaban J connectivity index is 1.93. The van der Waals surface area contributed by atoms with Crippen LogP contribution < -0.4 is 11.1 Å². The van der Waals surface area contributed by atoms with Gasteiger partial charge >= 0.3 is 12.2 Å². The van der Waals surface area contributed by atoms with Gasteiger partial charge in [0.05, 0.1) is 0 Å². The fourth-order valence-electron chi connectivity index (χ4n) is 4.55. The topological polar surface area (TPSA) is 71.2 Å². The minimum absolute atomic E-state index is 0.103. The zero-order chi connectivity index (χ0) is 23.7. The highest BCUT2D eigenvalue weighted by molar-refractivity contribution is 7.10. The average Bonchev–Trinajstić information content (AvgIpc) is 3.31. The van der Waals surface area contributed by atoms with Gasteiger partial charge < -0.3 is 11.1 Å². The van der Waals surface area contributed by atoms with E-state index in [0.29, 0.717) is 11.4 Å². The van der Waals surface area contributed by atoms with E-state index in [1.807, 2.05) is 43.1 Å². The number of hydrogen-bond acceptors (Lipinski definition) is 4. The van der Waals surface area contributed by atoms with Crippen LogP contribution in [0, 0.1) is 17.5 Å². The Morgan fingerprint density at radius 2 is 2.03 bits per heavy atom. The zero-order valence-corrected chi connectivity index (χ0v) is 19.1. The van der Waals surface area contributed by atoms with Crippen molar-refractivity contribution in [1.82, 2.24) is 15.2 Å². The van der Waals surface area contributed by atoms with Crippen LogP contribution >= 0.6 is 11.3 Å². The van der Waals surface area contributed by atoms with Crippen molar-refractivity contribution in [3.05, 3.63) is 51.7 Å². The van der Waals surface area contributed by atoms with E-state index in [-0.39, 0.29) is 30.9 Å².